The first-order valence-corrected chi connectivity index (χ1v) is 8.28. The van der Waals surface area contributed by atoms with E-state index >= 15 is 0 Å². The molecule has 0 aliphatic carbocycles. The Morgan fingerprint density at radius 2 is 1.76 bits per heavy atom. The molecule has 0 saturated carbocycles. The molecule has 0 heterocycles. The van der Waals surface area contributed by atoms with Crippen LogP contribution in [0.5, 0.6) is 0 Å². The highest BCUT2D eigenvalue weighted by Gasteiger charge is 2.16. The zero-order chi connectivity index (χ0) is 15.5. The summed E-state index contributed by atoms with van der Waals surface area (Å²) in [6, 6.07) is 13.0. The van der Waals surface area contributed by atoms with E-state index in [9.17, 15) is 8.42 Å². The summed E-state index contributed by atoms with van der Waals surface area (Å²) >= 11 is 0. The van der Waals surface area contributed by atoms with Gasteiger partial charge in [-0.05, 0) is 43.5 Å². The number of sulfonamides is 1. The highest BCUT2D eigenvalue weighted by molar-refractivity contribution is 7.89. The normalized spacial score (nSPS) is 11.5. The molecule has 0 amide bonds. The van der Waals surface area contributed by atoms with Crippen molar-refractivity contribution in [2.45, 2.75) is 25.2 Å². The molecule has 5 heteroatoms. The van der Waals surface area contributed by atoms with E-state index in [4.69, 9.17) is 5.73 Å². The van der Waals surface area contributed by atoms with Gasteiger partial charge in [-0.2, -0.15) is 0 Å². The molecular formula is C16H20N2O2S. The fraction of sp³-hybridized carbons (Fsp3) is 0.250. The van der Waals surface area contributed by atoms with Crippen molar-refractivity contribution in [3.05, 3.63) is 59.2 Å². The van der Waals surface area contributed by atoms with E-state index in [1.165, 1.54) is 0 Å². The number of nitrogens with two attached hydrogens (primary N) is 1. The van der Waals surface area contributed by atoms with Crippen LogP contribution < -0.4 is 10.5 Å². The molecule has 3 N–H and O–H groups in total. The zero-order valence-electron chi connectivity index (χ0n) is 12.3. The van der Waals surface area contributed by atoms with Crippen LogP contribution in [0, 0.1) is 13.8 Å². The van der Waals surface area contributed by atoms with Gasteiger partial charge in [-0.15, -0.1) is 0 Å². The van der Waals surface area contributed by atoms with Gasteiger partial charge in [0.15, 0.2) is 0 Å². The minimum atomic E-state index is -3.56. The monoisotopic (exact) mass is 304 g/mol. The Balaban J connectivity index is 2.05. The second-order valence-corrected chi connectivity index (χ2v) is 6.91. The number of rotatable bonds is 5. The molecule has 2 aromatic rings. The van der Waals surface area contributed by atoms with E-state index in [1.807, 2.05) is 32.0 Å². The summed E-state index contributed by atoms with van der Waals surface area (Å²) in [4.78, 5) is 0.136. The van der Waals surface area contributed by atoms with Crippen molar-refractivity contribution in [3.63, 3.8) is 0 Å². The van der Waals surface area contributed by atoms with Gasteiger partial charge < -0.3 is 5.73 Å². The summed E-state index contributed by atoms with van der Waals surface area (Å²) in [5, 5.41) is 0. The second kappa shape index (κ2) is 6.28. The first-order chi connectivity index (χ1) is 9.88. The van der Waals surface area contributed by atoms with Crippen LogP contribution in [0.4, 0.5) is 5.69 Å². The number of nitrogens with one attached hydrogen (secondary N) is 1. The molecule has 0 spiro atoms. The van der Waals surface area contributed by atoms with E-state index in [-0.39, 0.29) is 10.6 Å². The lowest BCUT2D eigenvalue weighted by molar-refractivity contribution is 0.582. The Labute approximate surface area is 126 Å². The van der Waals surface area contributed by atoms with E-state index in [1.54, 1.807) is 18.2 Å². The smallest absolute Gasteiger partial charge is 0.242 e. The van der Waals surface area contributed by atoms with Gasteiger partial charge in [0.2, 0.25) is 10.0 Å². The number of nitrogen functional groups attached to an aromatic ring is 1. The number of aryl methyl sites for hydroxylation is 2. The lowest BCUT2D eigenvalue weighted by atomic mass is 10.1. The minimum absolute atomic E-state index is 0.136. The van der Waals surface area contributed by atoms with Crippen molar-refractivity contribution >= 4 is 15.7 Å². The van der Waals surface area contributed by atoms with Crippen molar-refractivity contribution in [1.82, 2.24) is 4.72 Å². The van der Waals surface area contributed by atoms with Gasteiger partial charge in [0, 0.05) is 6.54 Å². The van der Waals surface area contributed by atoms with E-state index in [0.29, 0.717) is 13.0 Å². The highest BCUT2D eigenvalue weighted by atomic mass is 32.2. The molecule has 0 bridgehead atoms. The molecular weight excluding hydrogens is 284 g/mol. The number of hydrogen-bond acceptors (Lipinski definition) is 3. The van der Waals surface area contributed by atoms with Crippen molar-refractivity contribution < 1.29 is 8.42 Å². The minimum Gasteiger partial charge on any atom is -0.398 e. The Morgan fingerprint density at radius 3 is 2.43 bits per heavy atom. The zero-order valence-corrected chi connectivity index (χ0v) is 13.1. The van der Waals surface area contributed by atoms with Gasteiger partial charge >= 0.3 is 0 Å². The first-order valence-electron chi connectivity index (χ1n) is 6.80. The fourth-order valence-corrected chi connectivity index (χ4v) is 3.33. The van der Waals surface area contributed by atoms with Crippen LogP contribution in [0.1, 0.15) is 16.7 Å². The molecule has 0 aromatic heterocycles. The van der Waals surface area contributed by atoms with Crippen LogP contribution in [0.25, 0.3) is 0 Å². The standard InChI is InChI=1S/C16H20N2O2S/c1-12-4-3-5-14(10-12)8-9-18-21(19,20)16-7-6-13(2)11-15(16)17/h3-7,10-11,18H,8-9,17H2,1-2H3. The third kappa shape index (κ3) is 4.06. The van der Waals surface area contributed by atoms with Crippen molar-refractivity contribution in [1.29, 1.82) is 0 Å². The average molecular weight is 304 g/mol. The molecule has 21 heavy (non-hydrogen) atoms. The van der Waals surface area contributed by atoms with Crippen molar-refractivity contribution in [2.24, 2.45) is 0 Å². The number of hydrogen-bond donors (Lipinski definition) is 2. The van der Waals surface area contributed by atoms with Gasteiger partial charge in [-0.25, -0.2) is 13.1 Å². The molecule has 0 unspecified atom stereocenters. The summed E-state index contributed by atoms with van der Waals surface area (Å²) < 4.78 is 27.1. The second-order valence-electron chi connectivity index (χ2n) is 5.18. The molecule has 4 nitrogen and oxygen atoms in total. The third-order valence-corrected chi connectivity index (χ3v) is 4.78. The molecule has 0 aliphatic heterocycles. The Morgan fingerprint density at radius 1 is 1.05 bits per heavy atom. The van der Waals surface area contributed by atoms with E-state index < -0.39 is 10.0 Å². The van der Waals surface area contributed by atoms with E-state index in [0.717, 1.165) is 16.7 Å². The van der Waals surface area contributed by atoms with Gasteiger partial charge in [0.25, 0.3) is 0 Å². The average Bonchev–Trinajstić information content (AvgIpc) is 2.38. The molecule has 0 saturated heterocycles. The summed E-state index contributed by atoms with van der Waals surface area (Å²) in [7, 11) is -3.56. The van der Waals surface area contributed by atoms with Crippen LogP contribution in [-0.2, 0) is 16.4 Å². The Hall–Kier alpha value is -1.85. The summed E-state index contributed by atoms with van der Waals surface area (Å²) in [5.41, 5.74) is 9.27. The predicted octanol–water partition coefficient (Wildman–Crippen LogP) is 2.41. The largest absolute Gasteiger partial charge is 0.398 e. The summed E-state index contributed by atoms with van der Waals surface area (Å²) in [6.45, 7) is 4.23. The fourth-order valence-electron chi connectivity index (χ4n) is 2.19. The first kappa shape index (κ1) is 15.5. The lowest BCUT2D eigenvalue weighted by Crippen LogP contribution is -2.26. The summed E-state index contributed by atoms with van der Waals surface area (Å²) in [6.07, 6.45) is 0.646. The van der Waals surface area contributed by atoms with Crippen molar-refractivity contribution in [2.75, 3.05) is 12.3 Å². The van der Waals surface area contributed by atoms with Gasteiger partial charge in [-0.1, -0.05) is 35.9 Å². The maximum absolute atomic E-state index is 12.2. The molecule has 2 rings (SSSR count). The van der Waals surface area contributed by atoms with Gasteiger partial charge in [0.05, 0.1) is 5.69 Å². The van der Waals surface area contributed by atoms with Crippen LogP contribution in [0.3, 0.4) is 0 Å². The summed E-state index contributed by atoms with van der Waals surface area (Å²) in [5.74, 6) is 0. The quantitative estimate of drug-likeness (QED) is 0.833. The van der Waals surface area contributed by atoms with Crippen LogP contribution in [0.15, 0.2) is 47.4 Å². The molecule has 0 aliphatic rings. The topological polar surface area (TPSA) is 72.2 Å². The van der Waals surface area contributed by atoms with Crippen LogP contribution >= 0.6 is 0 Å². The predicted molar refractivity (Wildman–Crippen MR) is 85.7 cm³/mol. The van der Waals surface area contributed by atoms with Gasteiger partial charge in [-0.3, -0.25) is 0 Å². The Bertz CT molecular complexity index is 740. The maximum atomic E-state index is 12.2. The molecule has 112 valence electrons. The third-order valence-electron chi connectivity index (χ3n) is 3.24. The Kier molecular flexibility index (Phi) is 4.65. The molecule has 0 fully saturated rings. The lowest BCUT2D eigenvalue weighted by Gasteiger charge is -2.10. The molecule has 0 atom stereocenters. The van der Waals surface area contributed by atoms with E-state index in [2.05, 4.69) is 10.8 Å². The SMILES string of the molecule is Cc1cccc(CCNS(=O)(=O)c2ccc(C)cc2N)c1. The molecule has 0 radical (unpaired) electrons. The number of benzene rings is 2. The highest BCUT2D eigenvalue weighted by Crippen LogP contribution is 2.19. The number of anilines is 1. The van der Waals surface area contributed by atoms with Crippen LogP contribution in [-0.4, -0.2) is 15.0 Å². The molecule has 2 aromatic carbocycles. The van der Waals surface area contributed by atoms with Gasteiger partial charge in [0.1, 0.15) is 4.90 Å². The maximum Gasteiger partial charge on any atom is 0.242 e. The van der Waals surface area contributed by atoms with Crippen LogP contribution in [0.2, 0.25) is 0 Å². The van der Waals surface area contributed by atoms with Crippen molar-refractivity contribution in [3.8, 4) is 0 Å².